The van der Waals surface area contributed by atoms with E-state index in [1.807, 2.05) is 0 Å². The molecule has 9 nitrogen and oxygen atoms in total. The standard InChI is InChI=1S/C14H11ClF2N4O5S/c1-6(22)11-18-12(20-14(19-11)26-2)10(23)7-4-3-5-8(15)9(7)21-27(24,25)13(16)17/h3-5,13,21H,1-2H3. The quantitative estimate of drug-likeness (QED) is 0.673. The number of anilines is 1. The minimum absolute atomic E-state index is 0.308. The molecule has 0 spiro atoms. The molecule has 0 unspecified atom stereocenters. The maximum atomic E-state index is 12.7. The number of ether oxygens (including phenoxy) is 1. The van der Waals surface area contributed by atoms with Crippen LogP contribution in [0.25, 0.3) is 0 Å². The monoisotopic (exact) mass is 420 g/mol. The second-order valence-corrected chi connectivity index (χ2v) is 6.98. The molecule has 0 aliphatic heterocycles. The van der Waals surface area contributed by atoms with E-state index in [1.54, 1.807) is 4.72 Å². The zero-order valence-corrected chi connectivity index (χ0v) is 15.3. The molecule has 1 aromatic heterocycles. The molecule has 2 aromatic rings. The molecular weight excluding hydrogens is 410 g/mol. The fraction of sp³-hybridized carbons (Fsp3) is 0.214. The zero-order chi connectivity index (χ0) is 20.4. The average Bonchev–Trinajstić information content (AvgIpc) is 2.62. The predicted molar refractivity (Wildman–Crippen MR) is 89.8 cm³/mol. The number of sulfonamides is 1. The predicted octanol–water partition coefficient (Wildman–Crippen LogP) is 1.93. The van der Waals surface area contributed by atoms with Crippen LogP contribution in [-0.2, 0) is 10.0 Å². The van der Waals surface area contributed by atoms with Crippen LogP contribution in [-0.4, -0.2) is 47.8 Å². The lowest BCUT2D eigenvalue weighted by atomic mass is 10.1. The van der Waals surface area contributed by atoms with Crippen molar-refractivity contribution in [3.8, 4) is 6.01 Å². The highest BCUT2D eigenvalue weighted by atomic mass is 35.5. The molecule has 0 saturated carbocycles. The van der Waals surface area contributed by atoms with Gasteiger partial charge < -0.3 is 4.74 Å². The first kappa shape index (κ1) is 20.6. The van der Waals surface area contributed by atoms with Gasteiger partial charge in [0.25, 0.3) is 10.0 Å². The average molecular weight is 421 g/mol. The van der Waals surface area contributed by atoms with Crippen molar-refractivity contribution in [2.24, 2.45) is 0 Å². The van der Waals surface area contributed by atoms with Crippen molar-refractivity contribution in [2.75, 3.05) is 11.8 Å². The van der Waals surface area contributed by atoms with Crippen molar-refractivity contribution < 1.29 is 31.5 Å². The number of halogens is 3. The molecule has 27 heavy (non-hydrogen) atoms. The van der Waals surface area contributed by atoms with E-state index in [1.165, 1.54) is 19.2 Å². The Balaban J connectivity index is 2.60. The summed E-state index contributed by atoms with van der Waals surface area (Å²) in [4.78, 5) is 35.3. The van der Waals surface area contributed by atoms with Gasteiger partial charge in [0, 0.05) is 6.92 Å². The molecule has 0 saturated heterocycles. The number of hydrogen-bond acceptors (Lipinski definition) is 8. The number of alkyl halides is 2. The largest absolute Gasteiger partial charge is 0.467 e. The Morgan fingerprint density at radius 1 is 1.19 bits per heavy atom. The molecule has 2 rings (SSSR count). The van der Waals surface area contributed by atoms with Gasteiger partial charge in [0.15, 0.2) is 5.78 Å². The van der Waals surface area contributed by atoms with Gasteiger partial charge in [-0.25, -0.2) is 13.4 Å². The van der Waals surface area contributed by atoms with Crippen LogP contribution in [0.4, 0.5) is 14.5 Å². The van der Waals surface area contributed by atoms with E-state index < -0.39 is 44.4 Å². The van der Waals surface area contributed by atoms with Gasteiger partial charge >= 0.3 is 11.8 Å². The number of hydrogen-bond donors (Lipinski definition) is 1. The Bertz CT molecular complexity index is 1020. The highest BCUT2D eigenvalue weighted by Gasteiger charge is 2.28. The highest BCUT2D eigenvalue weighted by molar-refractivity contribution is 7.93. The molecular formula is C14H11ClF2N4O5S. The van der Waals surface area contributed by atoms with Gasteiger partial charge in [-0.2, -0.15) is 18.7 Å². The summed E-state index contributed by atoms with van der Waals surface area (Å²) in [6.45, 7) is 1.14. The van der Waals surface area contributed by atoms with Gasteiger partial charge in [-0.3, -0.25) is 14.3 Å². The Labute approximate surface area is 156 Å². The molecule has 1 aromatic carbocycles. The van der Waals surface area contributed by atoms with Gasteiger partial charge in [-0.15, -0.1) is 0 Å². The second kappa shape index (κ2) is 7.88. The summed E-state index contributed by atoms with van der Waals surface area (Å²) in [6.07, 6.45) is 0. The molecule has 0 amide bonds. The van der Waals surface area contributed by atoms with Crippen molar-refractivity contribution in [1.29, 1.82) is 0 Å². The maximum absolute atomic E-state index is 12.7. The van der Waals surface area contributed by atoms with E-state index in [0.29, 0.717) is 0 Å². The van der Waals surface area contributed by atoms with Crippen molar-refractivity contribution >= 4 is 38.9 Å². The topological polar surface area (TPSA) is 128 Å². The van der Waals surface area contributed by atoms with Gasteiger partial charge in [0.2, 0.25) is 17.4 Å². The van der Waals surface area contributed by atoms with E-state index in [9.17, 15) is 26.8 Å². The van der Waals surface area contributed by atoms with Gasteiger partial charge in [0.05, 0.1) is 23.4 Å². The number of methoxy groups -OCH3 is 1. The summed E-state index contributed by atoms with van der Waals surface area (Å²) < 4.78 is 54.6. The summed E-state index contributed by atoms with van der Waals surface area (Å²) in [5, 5.41) is -0.308. The fourth-order valence-corrected chi connectivity index (χ4v) is 2.70. The molecule has 0 fully saturated rings. The number of ketones is 2. The fourth-order valence-electron chi connectivity index (χ4n) is 1.83. The number of para-hydroxylation sites is 1. The van der Waals surface area contributed by atoms with Crippen LogP contribution in [0.15, 0.2) is 18.2 Å². The molecule has 13 heteroatoms. The first-order valence-corrected chi connectivity index (χ1v) is 8.93. The van der Waals surface area contributed by atoms with Crippen molar-refractivity contribution in [2.45, 2.75) is 12.7 Å². The number of aromatic nitrogens is 3. The van der Waals surface area contributed by atoms with E-state index >= 15 is 0 Å². The Morgan fingerprint density at radius 2 is 1.81 bits per heavy atom. The first-order chi connectivity index (χ1) is 12.6. The second-order valence-electron chi connectivity index (χ2n) is 4.92. The van der Waals surface area contributed by atoms with E-state index in [2.05, 4.69) is 15.0 Å². The Morgan fingerprint density at radius 3 is 2.37 bits per heavy atom. The summed E-state index contributed by atoms with van der Waals surface area (Å²) in [5.74, 6) is -6.27. The maximum Gasteiger partial charge on any atom is 0.355 e. The molecule has 0 aliphatic rings. The lowest BCUT2D eigenvalue weighted by Gasteiger charge is -2.13. The summed E-state index contributed by atoms with van der Waals surface area (Å²) in [7, 11) is -3.91. The van der Waals surface area contributed by atoms with Crippen LogP contribution in [0, 0.1) is 0 Å². The third-order valence-corrected chi connectivity index (χ3v) is 4.33. The zero-order valence-electron chi connectivity index (χ0n) is 13.7. The number of carbonyl (C=O) groups excluding carboxylic acids is 2. The van der Waals surface area contributed by atoms with Crippen LogP contribution in [0.3, 0.4) is 0 Å². The van der Waals surface area contributed by atoms with Crippen LogP contribution in [0.1, 0.15) is 33.7 Å². The molecule has 0 atom stereocenters. The van der Waals surface area contributed by atoms with Crippen LogP contribution < -0.4 is 9.46 Å². The third-order valence-electron chi connectivity index (χ3n) is 3.05. The van der Waals surface area contributed by atoms with E-state index in [-0.39, 0.29) is 16.9 Å². The first-order valence-electron chi connectivity index (χ1n) is 7.00. The lowest BCUT2D eigenvalue weighted by Crippen LogP contribution is -2.23. The van der Waals surface area contributed by atoms with Gasteiger partial charge in [0.1, 0.15) is 0 Å². The molecule has 1 heterocycles. The molecule has 0 radical (unpaired) electrons. The van der Waals surface area contributed by atoms with Crippen molar-refractivity contribution in [3.05, 3.63) is 40.4 Å². The number of carbonyl (C=O) groups is 2. The number of benzene rings is 1. The normalized spacial score (nSPS) is 11.3. The smallest absolute Gasteiger partial charge is 0.355 e. The molecule has 144 valence electrons. The Kier molecular flexibility index (Phi) is 6.01. The third kappa shape index (κ3) is 4.52. The van der Waals surface area contributed by atoms with Crippen LogP contribution >= 0.6 is 11.6 Å². The molecule has 1 N–H and O–H groups in total. The van der Waals surface area contributed by atoms with Crippen molar-refractivity contribution in [1.82, 2.24) is 15.0 Å². The SMILES string of the molecule is COc1nc(C(C)=O)nc(C(=O)c2cccc(Cl)c2NS(=O)(=O)C(F)F)n1. The van der Waals surface area contributed by atoms with Gasteiger partial charge in [-0.05, 0) is 12.1 Å². The van der Waals surface area contributed by atoms with E-state index in [4.69, 9.17) is 16.3 Å². The number of nitrogens with zero attached hydrogens (tertiary/aromatic N) is 3. The van der Waals surface area contributed by atoms with Crippen LogP contribution in [0.5, 0.6) is 6.01 Å². The summed E-state index contributed by atoms with van der Waals surface area (Å²) >= 11 is 5.86. The molecule has 0 bridgehead atoms. The van der Waals surface area contributed by atoms with Gasteiger partial charge in [-0.1, -0.05) is 17.7 Å². The number of rotatable bonds is 7. The minimum atomic E-state index is -5.10. The summed E-state index contributed by atoms with van der Waals surface area (Å²) in [6, 6.07) is 3.27. The lowest BCUT2D eigenvalue weighted by molar-refractivity contribution is 0.1000. The highest BCUT2D eigenvalue weighted by Crippen LogP contribution is 2.29. The summed E-state index contributed by atoms with van der Waals surface area (Å²) in [5.41, 5.74) is -0.984. The van der Waals surface area contributed by atoms with Crippen LogP contribution in [0.2, 0.25) is 5.02 Å². The number of nitrogens with one attached hydrogen (secondary N) is 1. The van der Waals surface area contributed by atoms with Crippen molar-refractivity contribution in [3.63, 3.8) is 0 Å². The molecule has 0 aliphatic carbocycles. The number of Topliss-reactive ketones (excluding diaryl/α,β-unsaturated/α-hetero) is 1. The van der Waals surface area contributed by atoms with E-state index in [0.717, 1.165) is 13.0 Å². The minimum Gasteiger partial charge on any atom is -0.467 e. The Hall–Kier alpha value is -2.73.